The first-order chi connectivity index (χ1) is 9.04. The molecule has 1 N–H and O–H groups in total. The molecule has 0 saturated carbocycles. The maximum Gasteiger partial charge on any atom is 0.243 e. The van der Waals surface area contributed by atoms with Gasteiger partial charge in [-0.05, 0) is 35.6 Å². The second kappa shape index (κ2) is 6.00. The molecule has 0 bridgehead atoms. The fraction of sp³-hybridized carbons (Fsp3) is 0.250. The third-order valence-electron chi connectivity index (χ3n) is 2.66. The highest BCUT2D eigenvalue weighted by molar-refractivity contribution is 7.89. The summed E-state index contributed by atoms with van der Waals surface area (Å²) in [7, 11) is -3.63. The summed E-state index contributed by atoms with van der Waals surface area (Å²) in [6.45, 7) is 2.31. The summed E-state index contributed by atoms with van der Waals surface area (Å²) < 4.78 is 26.8. The Labute approximate surface area is 121 Å². The highest BCUT2D eigenvalue weighted by Gasteiger charge is 2.18. The van der Waals surface area contributed by atoms with Crippen LogP contribution in [0.1, 0.15) is 17.4 Å². The fourth-order valence-electron chi connectivity index (χ4n) is 1.65. The van der Waals surface area contributed by atoms with Crippen LogP contribution in [0.4, 0.5) is 0 Å². The van der Waals surface area contributed by atoms with E-state index in [-0.39, 0.29) is 16.6 Å². The number of thiophene rings is 1. The third-order valence-corrected chi connectivity index (χ3v) is 5.47. The van der Waals surface area contributed by atoms with Crippen molar-refractivity contribution in [1.82, 2.24) is 9.71 Å². The second-order valence-electron chi connectivity index (χ2n) is 3.84. The third kappa shape index (κ3) is 3.33. The number of sulfonamides is 1. The predicted octanol–water partition coefficient (Wildman–Crippen LogP) is 2.84. The van der Waals surface area contributed by atoms with Crippen LogP contribution in [0, 0.1) is 0 Å². The minimum Gasteiger partial charge on any atom is -0.243 e. The number of pyridine rings is 1. The van der Waals surface area contributed by atoms with Crippen molar-refractivity contribution in [3.63, 3.8) is 0 Å². The number of aromatic nitrogens is 1. The van der Waals surface area contributed by atoms with Gasteiger partial charge in [-0.3, -0.25) is 0 Å². The Morgan fingerprint density at radius 2 is 2.21 bits per heavy atom. The fourth-order valence-corrected chi connectivity index (χ4v) is 4.10. The van der Waals surface area contributed by atoms with E-state index in [2.05, 4.69) is 9.71 Å². The lowest BCUT2D eigenvalue weighted by molar-refractivity contribution is 0.581. The number of hydrogen-bond acceptors (Lipinski definition) is 4. The summed E-state index contributed by atoms with van der Waals surface area (Å²) in [5, 5.41) is 1.94. The van der Waals surface area contributed by atoms with Gasteiger partial charge in [0.25, 0.3) is 0 Å². The Balaban J connectivity index is 2.17. The molecule has 0 aromatic carbocycles. The summed E-state index contributed by atoms with van der Waals surface area (Å²) in [6.07, 6.45) is 2.34. The van der Waals surface area contributed by atoms with E-state index in [0.29, 0.717) is 0 Å². The number of halogens is 1. The first-order valence-corrected chi connectivity index (χ1v) is 8.44. The van der Waals surface area contributed by atoms with E-state index in [4.69, 9.17) is 11.6 Å². The Hall–Kier alpha value is -0.950. The van der Waals surface area contributed by atoms with Crippen molar-refractivity contribution >= 4 is 33.0 Å². The van der Waals surface area contributed by atoms with Crippen LogP contribution in [-0.2, 0) is 23.0 Å². The lowest BCUT2D eigenvalue weighted by Crippen LogP contribution is -2.23. The largest absolute Gasteiger partial charge is 0.243 e. The minimum atomic E-state index is -3.63. The summed E-state index contributed by atoms with van der Waals surface area (Å²) in [6, 6.07) is 4.99. The first-order valence-electron chi connectivity index (χ1n) is 5.70. The molecule has 19 heavy (non-hydrogen) atoms. The van der Waals surface area contributed by atoms with Crippen molar-refractivity contribution in [3.8, 4) is 0 Å². The average molecular weight is 317 g/mol. The van der Waals surface area contributed by atoms with E-state index in [9.17, 15) is 8.42 Å². The zero-order valence-electron chi connectivity index (χ0n) is 10.3. The normalized spacial score (nSPS) is 11.7. The molecular formula is C12H13ClN2O2S2. The molecule has 7 heteroatoms. The lowest BCUT2D eigenvalue weighted by atomic mass is 10.2. The van der Waals surface area contributed by atoms with Gasteiger partial charge in [-0.15, -0.1) is 11.3 Å². The van der Waals surface area contributed by atoms with Gasteiger partial charge in [-0.25, -0.2) is 18.1 Å². The van der Waals surface area contributed by atoms with Crippen molar-refractivity contribution in [1.29, 1.82) is 0 Å². The van der Waals surface area contributed by atoms with Gasteiger partial charge in [0.15, 0.2) is 0 Å². The molecule has 0 saturated heterocycles. The van der Waals surface area contributed by atoms with Gasteiger partial charge in [0.1, 0.15) is 10.0 Å². The Kier molecular flexibility index (Phi) is 4.57. The van der Waals surface area contributed by atoms with Crippen molar-refractivity contribution in [3.05, 3.63) is 45.4 Å². The van der Waals surface area contributed by atoms with Crippen molar-refractivity contribution in [2.24, 2.45) is 0 Å². The Bertz CT molecular complexity index is 668. The summed E-state index contributed by atoms with van der Waals surface area (Å²) in [5.74, 6) is 0. The van der Waals surface area contributed by atoms with Crippen LogP contribution in [-0.4, -0.2) is 13.4 Å². The zero-order valence-corrected chi connectivity index (χ0v) is 12.6. The first kappa shape index (κ1) is 14.5. The smallest absolute Gasteiger partial charge is 0.243 e. The molecule has 0 aliphatic rings. The molecule has 2 aromatic rings. The molecule has 2 aromatic heterocycles. The van der Waals surface area contributed by atoms with Crippen LogP contribution >= 0.6 is 22.9 Å². The monoisotopic (exact) mass is 316 g/mol. The molecule has 0 fully saturated rings. The number of hydrogen-bond donors (Lipinski definition) is 1. The summed E-state index contributed by atoms with van der Waals surface area (Å²) in [5.41, 5.74) is 1.16. The molecule has 0 aliphatic carbocycles. The van der Waals surface area contributed by atoms with Crippen molar-refractivity contribution in [2.45, 2.75) is 24.8 Å². The Morgan fingerprint density at radius 1 is 1.42 bits per heavy atom. The van der Waals surface area contributed by atoms with Crippen LogP contribution in [0.15, 0.2) is 34.7 Å². The summed E-state index contributed by atoms with van der Waals surface area (Å²) >= 11 is 7.34. The Morgan fingerprint density at radius 3 is 2.89 bits per heavy atom. The highest BCUT2D eigenvalue weighted by atomic mass is 35.5. The molecular weight excluding hydrogens is 304 g/mol. The van der Waals surface area contributed by atoms with Gasteiger partial charge < -0.3 is 0 Å². The van der Waals surface area contributed by atoms with E-state index in [1.165, 1.54) is 23.6 Å². The van der Waals surface area contributed by atoms with E-state index in [0.717, 1.165) is 16.9 Å². The highest BCUT2D eigenvalue weighted by Crippen LogP contribution is 2.20. The van der Waals surface area contributed by atoms with Crippen LogP contribution < -0.4 is 4.72 Å². The van der Waals surface area contributed by atoms with Crippen LogP contribution in [0.5, 0.6) is 0 Å². The molecule has 0 unspecified atom stereocenters. The van der Waals surface area contributed by atoms with Gasteiger partial charge >= 0.3 is 0 Å². The van der Waals surface area contributed by atoms with Crippen molar-refractivity contribution in [2.75, 3.05) is 0 Å². The SMILES string of the molecule is CCc1ccsc1CNS(=O)(=O)c1cccnc1Cl. The molecule has 0 radical (unpaired) electrons. The predicted molar refractivity (Wildman–Crippen MR) is 77.0 cm³/mol. The molecule has 0 amide bonds. The van der Waals surface area contributed by atoms with Crippen molar-refractivity contribution < 1.29 is 8.42 Å². The number of aryl methyl sites for hydroxylation is 1. The lowest BCUT2D eigenvalue weighted by Gasteiger charge is -2.07. The van der Waals surface area contributed by atoms with E-state index < -0.39 is 10.0 Å². The topological polar surface area (TPSA) is 59.1 Å². The van der Waals surface area contributed by atoms with E-state index in [1.54, 1.807) is 6.07 Å². The standard InChI is InChI=1S/C12H13ClN2O2S2/c1-2-9-5-7-18-10(9)8-15-19(16,17)11-4-3-6-14-12(11)13/h3-7,15H,2,8H2,1H3. The molecule has 102 valence electrons. The maximum atomic E-state index is 12.1. The van der Waals surface area contributed by atoms with Crippen LogP contribution in [0.25, 0.3) is 0 Å². The molecule has 4 nitrogen and oxygen atoms in total. The number of nitrogens with zero attached hydrogens (tertiary/aromatic N) is 1. The van der Waals surface area contributed by atoms with Gasteiger partial charge in [0, 0.05) is 17.6 Å². The van der Waals surface area contributed by atoms with Gasteiger partial charge in [0.2, 0.25) is 10.0 Å². The maximum absolute atomic E-state index is 12.1. The van der Waals surface area contributed by atoms with E-state index >= 15 is 0 Å². The summed E-state index contributed by atoms with van der Waals surface area (Å²) in [4.78, 5) is 4.80. The molecule has 0 spiro atoms. The van der Waals surface area contributed by atoms with E-state index in [1.807, 2.05) is 18.4 Å². The molecule has 2 heterocycles. The average Bonchev–Trinajstić information content (AvgIpc) is 2.84. The molecule has 2 rings (SSSR count). The molecule has 0 aliphatic heterocycles. The number of nitrogens with one attached hydrogen (secondary N) is 1. The van der Waals surface area contributed by atoms with Gasteiger partial charge in [-0.1, -0.05) is 18.5 Å². The second-order valence-corrected chi connectivity index (χ2v) is 6.93. The van der Waals surface area contributed by atoms with Crippen LogP contribution in [0.2, 0.25) is 5.15 Å². The van der Waals surface area contributed by atoms with Crippen LogP contribution in [0.3, 0.4) is 0 Å². The molecule has 0 atom stereocenters. The number of rotatable bonds is 5. The minimum absolute atomic E-state index is 0.00581. The zero-order chi connectivity index (χ0) is 13.9. The van der Waals surface area contributed by atoms with Gasteiger partial charge in [-0.2, -0.15) is 0 Å². The quantitative estimate of drug-likeness (QED) is 0.863. The van der Waals surface area contributed by atoms with Gasteiger partial charge in [0.05, 0.1) is 0 Å².